The highest BCUT2D eigenvalue weighted by molar-refractivity contribution is 6.13. The summed E-state index contributed by atoms with van der Waals surface area (Å²) < 4.78 is 48.4. The first-order chi connectivity index (χ1) is 13.8. The van der Waals surface area contributed by atoms with E-state index in [4.69, 9.17) is 4.74 Å². The second-order valence-electron chi connectivity index (χ2n) is 8.28. The van der Waals surface area contributed by atoms with Crippen LogP contribution in [0, 0.1) is 5.41 Å². The maximum Gasteiger partial charge on any atom is 0.390 e. The minimum absolute atomic E-state index is 0.180. The number of aromatic nitrogens is 1. The number of esters is 1. The smallest absolute Gasteiger partial charge is 0.390 e. The van der Waals surface area contributed by atoms with E-state index >= 15 is 0 Å². The predicted molar refractivity (Wildman–Crippen MR) is 103 cm³/mol. The first-order valence-electron chi connectivity index (χ1n) is 10.2. The number of para-hydroxylation sites is 1. The van der Waals surface area contributed by atoms with Gasteiger partial charge in [0.1, 0.15) is 5.70 Å². The molecule has 0 amide bonds. The lowest BCUT2D eigenvalue weighted by atomic mass is 9.65. The van der Waals surface area contributed by atoms with Crippen LogP contribution in [-0.4, -0.2) is 41.3 Å². The maximum absolute atomic E-state index is 13.7. The molecule has 3 aliphatic heterocycles. The molecule has 7 heteroatoms. The number of benzene rings is 1. The molecule has 0 N–H and O–H groups in total. The zero-order valence-corrected chi connectivity index (χ0v) is 16.3. The number of hydrogen-bond acceptors (Lipinski definition) is 3. The molecule has 0 saturated carbocycles. The summed E-state index contributed by atoms with van der Waals surface area (Å²) in [6, 6.07) is 7.41. The third-order valence-corrected chi connectivity index (χ3v) is 6.60. The van der Waals surface area contributed by atoms with Crippen LogP contribution >= 0.6 is 0 Å². The van der Waals surface area contributed by atoms with E-state index in [0.717, 1.165) is 41.7 Å². The predicted octanol–water partition coefficient (Wildman–Crippen LogP) is 4.69. The Morgan fingerprint density at radius 3 is 2.83 bits per heavy atom. The van der Waals surface area contributed by atoms with Crippen LogP contribution in [0.1, 0.15) is 43.5 Å². The number of hydrogen-bond donors (Lipinski definition) is 0. The zero-order chi connectivity index (χ0) is 20.4. The largest absolute Gasteiger partial charge is 0.461 e. The molecule has 1 aromatic heterocycles. The summed E-state index contributed by atoms with van der Waals surface area (Å²) in [5.74, 6) is -0.557. The van der Waals surface area contributed by atoms with Gasteiger partial charge in [-0.2, -0.15) is 13.2 Å². The minimum Gasteiger partial charge on any atom is -0.461 e. The van der Waals surface area contributed by atoms with E-state index in [1.54, 1.807) is 13.0 Å². The normalized spacial score (nSPS) is 26.2. The van der Waals surface area contributed by atoms with E-state index in [1.807, 2.05) is 28.8 Å². The number of carbonyl (C=O) groups excluding carboxylic acids is 1. The molecule has 2 aromatic rings. The fourth-order valence-electron chi connectivity index (χ4n) is 5.77. The van der Waals surface area contributed by atoms with E-state index in [-0.39, 0.29) is 18.3 Å². The van der Waals surface area contributed by atoms with Gasteiger partial charge in [0.15, 0.2) is 0 Å². The van der Waals surface area contributed by atoms with Crippen LogP contribution in [-0.2, 0) is 16.0 Å². The number of rotatable bonds is 3. The van der Waals surface area contributed by atoms with E-state index in [2.05, 4.69) is 4.90 Å². The van der Waals surface area contributed by atoms with Crippen molar-refractivity contribution in [2.45, 2.75) is 44.8 Å². The van der Waals surface area contributed by atoms with Crippen LogP contribution in [0.3, 0.4) is 0 Å². The molecule has 2 atom stereocenters. The highest BCUT2D eigenvalue weighted by Gasteiger charge is 2.55. The number of alkyl halides is 3. The summed E-state index contributed by atoms with van der Waals surface area (Å²) in [4.78, 5) is 15.1. The summed E-state index contributed by atoms with van der Waals surface area (Å²) in [5.41, 5.74) is 1.88. The van der Waals surface area contributed by atoms with Crippen LogP contribution in [0.4, 0.5) is 13.2 Å². The third-order valence-electron chi connectivity index (χ3n) is 6.60. The first kappa shape index (κ1) is 18.7. The summed E-state index contributed by atoms with van der Waals surface area (Å²) in [5, 5.41) is 1.02. The first-order valence-corrected chi connectivity index (χ1v) is 10.2. The van der Waals surface area contributed by atoms with Crippen molar-refractivity contribution in [3.05, 3.63) is 41.6 Å². The van der Waals surface area contributed by atoms with Gasteiger partial charge in [-0.15, -0.1) is 0 Å². The molecule has 1 aromatic carbocycles. The standard InChI is InChI=1S/C22H23F3N2O2/c1-2-29-20(28)17-12-21(13-22(23,24)25)9-5-10-26-11-8-15-14-6-3-4-7-16(14)27(17)18(15)19(21)26/h3-4,6-7,12,19H,2,5,8-11,13H2,1H3. The van der Waals surface area contributed by atoms with E-state index in [1.165, 1.54) is 0 Å². The van der Waals surface area contributed by atoms with Gasteiger partial charge in [-0.05, 0) is 50.4 Å². The second kappa shape index (κ2) is 6.36. The number of fused-ring (bicyclic) bond motifs is 3. The molecule has 154 valence electrons. The van der Waals surface area contributed by atoms with Crippen molar-refractivity contribution in [2.24, 2.45) is 5.41 Å². The second-order valence-corrected chi connectivity index (χ2v) is 8.28. The fraction of sp³-hybridized carbons (Fsp3) is 0.500. The molecule has 0 radical (unpaired) electrons. The number of piperidine rings is 1. The van der Waals surface area contributed by atoms with E-state index in [9.17, 15) is 18.0 Å². The Hall–Kier alpha value is -2.28. The molecule has 4 nitrogen and oxygen atoms in total. The van der Waals surface area contributed by atoms with Crippen molar-refractivity contribution < 1.29 is 22.7 Å². The van der Waals surface area contributed by atoms with Crippen molar-refractivity contribution in [2.75, 3.05) is 19.7 Å². The number of carbonyl (C=O) groups is 1. The van der Waals surface area contributed by atoms with Gasteiger partial charge in [0, 0.05) is 23.0 Å². The number of halogens is 3. The van der Waals surface area contributed by atoms with Gasteiger partial charge in [0.25, 0.3) is 0 Å². The quantitative estimate of drug-likeness (QED) is 0.696. The molecule has 4 heterocycles. The Morgan fingerprint density at radius 1 is 1.28 bits per heavy atom. The van der Waals surface area contributed by atoms with Crippen LogP contribution in [0.25, 0.3) is 16.6 Å². The van der Waals surface area contributed by atoms with Crippen molar-refractivity contribution in [3.8, 4) is 0 Å². The fourth-order valence-corrected chi connectivity index (χ4v) is 5.77. The zero-order valence-electron chi connectivity index (χ0n) is 16.3. The number of ether oxygens (including phenoxy) is 1. The van der Waals surface area contributed by atoms with Gasteiger partial charge in [-0.1, -0.05) is 18.2 Å². The molecule has 5 rings (SSSR count). The van der Waals surface area contributed by atoms with Gasteiger partial charge < -0.3 is 9.30 Å². The Morgan fingerprint density at radius 2 is 2.07 bits per heavy atom. The van der Waals surface area contributed by atoms with Crippen molar-refractivity contribution in [1.29, 1.82) is 0 Å². The SMILES string of the molecule is CCOC(=O)C1=CC2(CC(F)(F)F)CCCN3CCc4c(n1c1ccccc41)C32. The van der Waals surface area contributed by atoms with Gasteiger partial charge >= 0.3 is 12.1 Å². The summed E-state index contributed by atoms with van der Waals surface area (Å²) in [7, 11) is 0. The molecule has 1 saturated heterocycles. The summed E-state index contributed by atoms with van der Waals surface area (Å²) >= 11 is 0. The van der Waals surface area contributed by atoms with Crippen molar-refractivity contribution >= 4 is 22.6 Å². The monoisotopic (exact) mass is 404 g/mol. The average molecular weight is 404 g/mol. The molecule has 29 heavy (non-hydrogen) atoms. The van der Waals surface area contributed by atoms with Crippen LogP contribution in [0.5, 0.6) is 0 Å². The molecular formula is C22H23F3N2O2. The van der Waals surface area contributed by atoms with Gasteiger partial charge in [-0.3, -0.25) is 4.90 Å². The van der Waals surface area contributed by atoms with Gasteiger partial charge in [0.05, 0.1) is 24.6 Å². The highest BCUT2D eigenvalue weighted by Crippen LogP contribution is 2.59. The lowest BCUT2D eigenvalue weighted by Crippen LogP contribution is -2.52. The van der Waals surface area contributed by atoms with Crippen LogP contribution in [0.15, 0.2) is 30.3 Å². The van der Waals surface area contributed by atoms with Gasteiger partial charge in [0.2, 0.25) is 0 Å². The Balaban J connectivity index is 1.82. The Kier molecular flexibility index (Phi) is 4.11. The Labute approximate surface area is 166 Å². The molecular weight excluding hydrogens is 381 g/mol. The summed E-state index contributed by atoms with van der Waals surface area (Å²) in [6.07, 6.45) is -1.77. The lowest BCUT2D eigenvalue weighted by molar-refractivity contribution is -0.168. The van der Waals surface area contributed by atoms with Crippen LogP contribution < -0.4 is 0 Å². The summed E-state index contributed by atoms with van der Waals surface area (Å²) in [6.45, 7) is 3.42. The van der Waals surface area contributed by atoms with E-state index in [0.29, 0.717) is 12.8 Å². The van der Waals surface area contributed by atoms with E-state index < -0.39 is 24.0 Å². The van der Waals surface area contributed by atoms with Crippen molar-refractivity contribution in [1.82, 2.24) is 9.47 Å². The number of nitrogens with zero attached hydrogens (tertiary/aromatic N) is 2. The topological polar surface area (TPSA) is 34.5 Å². The Bertz CT molecular complexity index is 1020. The molecule has 3 aliphatic rings. The van der Waals surface area contributed by atoms with Crippen molar-refractivity contribution in [3.63, 3.8) is 0 Å². The molecule has 0 aliphatic carbocycles. The lowest BCUT2D eigenvalue weighted by Gasteiger charge is -2.53. The molecule has 0 spiro atoms. The molecule has 2 unspecified atom stereocenters. The maximum atomic E-state index is 13.7. The molecule has 1 fully saturated rings. The minimum atomic E-state index is -4.31. The van der Waals surface area contributed by atoms with Gasteiger partial charge in [-0.25, -0.2) is 4.79 Å². The molecule has 0 bridgehead atoms. The third kappa shape index (κ3) is 2.74. The highest BCUT2D eigenvalue weighted by atomic mass is 19.4. The van der Waals surface area contributed by atoms with Crippen LogP contribution in [0.2, 0.25) is 0 Å². The average Bonchev–Trinajstić information content (AvgIpc) is 3.00.